The van der Waals surface area contributed by atoms with Gasteiger partial charge in [-0.05, 0) is 31.9 Å². The Balaban J connectivity index is 0.000000405. The predicted octanol–water partition coefficient (Wildman–Crippen LogP) is 2.30. The first-order chi connectivity index (χ1) is 17.6. The lowest BCUT2D eigenvalue weighted by Crippen LogP contribution is -2.47. The highest BCUT2D eigenvalue weighted by Gasteiger charge is 2.38. The fourth-order valence-electron chi connectivity index (χ4n) is 4.23. The molecule has 2 fully saturated rings. The number of nitrogens with zero attached hydrogens (tertiary/aromatic N) is 7. The third-order valence-corrected chi connectivity index (χ3v) is 6.00. The van der Waals surface area contributed by atoms with Crippen LogP contribution in [0.3, 0.4) is 0 Å². The third kappa shape index (κ3) is 6.31. The van der Waals surface area contributed by atoms with Gasteiger partial charge in [-0.3, -0.25) is 4.79 Å². The molecule has 1 atom stereocenters. The lowest BCUT2D eigenvalue weighted by molar-refractivity contribution is -0.192. The van der Waals surface area contributed by atoms with Crippen molar-refractivity contribution in [3.63, 3.8) is 0 Å². The van der Waals surface area contributed by atoms with Crippen LogP contribution in [0.25, 0.3) is 11.2 Å². The second-order valence-electron chi connectivity index (χ2n) is 8.75. The zero-order valence-corrected chi connectivity index (χ0v) is 20.1. The van der Waals surface area contributed by atoms with Crippen molar-refractivity contribution in [3.8, 4) is 0 Å². The number of rotatable bonds is 4. The highest BCUT2D eigenvalue weighted by atomic mass is 19.4. The summed E-state index contributed by atoms with van der Waals surface area (Å²) in [5, 5.41) is 15.8. The molecule has 0 bridgehead atoms. The van der Waals surface area contributed by atoms with Gasteiger partial charge in [0.25, 0.3) is 5.91 Å². The van der Waals surface area contributed by atoms with E-state index in [1.807, 2.05) is 36.1 Å². The van der Waals surface area contributed by atoms with Crippen LogP contribution >= 0.6 is 0 Å². The van der Waals surface area contributed by atoms with E-state index in [4.69, 9.17) is 14.6 Å². The molecule has 0 radical (unpaired) electrons. The summed E-state index contributed by atoms with van der Waals surface area (Å²) >= 11 is 0. The minimum absolute atomic E-state index is 0.0362. The van der Waals surface area contributed by atoms with Gasteiger partial charge >= 0.3 is 12.1 Å². The number of aromatic nitrogens is 5. The van der Waals surface area contributed by atoms with Crippen LogP contribution in [0.15, 0.2) is 30.6 Å². The zero-order valence-electron chi connectivity index (χ0n) is 20.1. The number of carboxylic acid groups (broad SMARTS) is 1. The van der Waals surface area contributed by atoms with Crippen molar-refractivity contribution < 1.29 is 32.6 Å². The van der Waals surface area contributed by atoms with Crippen molar-refractivity contribution in [2.75, 3.05) is 37.7 Å². The molecule has 3 aromatic rings. The number of anilines is 1. The molecule has 1 unspecified atom stereocenters. The monoisotopic (exact) mass is 521 g/mol. The first-order valence-corrected chi connectivity index (χ1v) is 11.7. The van der Waals surface area contributed by atoms with Crippen LogP contribution in [0.4, 0.5) is 19.0 Å². The van der Waals surface area contributed by atoms with Gasteiger partial charge < -0.3 is 19.6 Å². The largest absolute Gasteiger partial charge is 0.490 e. The van der Waals surface area contributed by atoms with Gasteiger partial charge in [-0.15, -0.1) is 5.10 Å². The summed E-state index contributed by atoms with van der Waals surface area (Å²) in [6.07, 6.45) is -1.34. The van der Waals surface area contributed by atoms with E-state index in [1.165, 1.54) is 12.8 Å². The van der Waals surface area contributed by atoms with Gasteiger partial charge in [0.05, 0.1) is 19.3 Å². The van der Waals surface area contributed by atoms with Crippen LogP contribution in [-0.2, 0) is 16.1 Å². The lowest BCUT2D eigenvalue weighted by atomic mass is 10.1. The number of hydrogen-bond donors (Lipinski definition) is 1. The number of carbonyl (C=O) groups excluding carboxylic acids is 1. The van der Waals surface area contributed by atoms with Crippen LogP contribution in [0, 0.1) is 6.92 Å². The summed E-state index contributed by atoms with van der Waals surface area (Å²) < 4.78 is 39.4. The van der Waals surface area contributed by atoms with E-state index in [0.717, 1.165) is 30.0 Å². The van der Waals surface area contributed by atoms with Gasteiger partial charge in [0.15, 0.2) is 17.0 Å². The number of ether oxygens (including phenoxy) is 1. The Kier molecular flexibility index (Phi) is 7.86. The molecule has 5 rings (SSSR count). The second-order valence-corrected chi connectivity index (χ2v) is 8.75. The molecule has 2 aliphatic rings. The molecule has 1 N–H and O–H groups in total. The molecule has 11 nitrogen and oxygen atoms in total. The van der Waals surface area contributed by atoms with Crippen molar-refractivity contribution in [2.24, 2.45) is 0 Å². The van der Waals surface area contributed by atoms with E-state index in [0.29, 0.717) is 37.5 Å². The fourth-order valence-corrected chi connectivity index (χ4v) is 4.23. The molecule has 198 valence electrons. The summed E-state index contributed by atoms with van der Waals surface area (Å²) in [4.78, 5) is 34.8. The van der Waals surface area contributed by atoms with E-state index in [-0.39, 0.29) is 12.0 Å². The quantitative estimate of drug-likeness (QED) is 0.550. The number of halogens is 3. The molecule has 2 aromatic heterocycles. The minimum atomic E-state index is -5.08. The van der Waals surface area contributed by atoms with Crippen molar-refractivity contribution in [1.29, 1.82) is 0 Å². The Labute approximate surface area is 209 Å². The lowest BCUT2D eigenvalue weighted by Gasteiger charge is -2.33. The first-order valence-electron chi connectivity index (χ1n) is 11.7. The molecule has 0 spiro atoms. The highest BCUT2D eigenvalue weighted by Crippen LogP contribution is 2.24. The summed E-state index contributed by atoms with van der Waals surface area (Å²) in [6, 6.07) is 7.70. The van der Waals surface area contributed by atoms with Gasteiger partial charge in [-0.1, -0.05) is 22.9 Å². The van der Waals surface area contributed by atoms with Crippen molar-refractivity contribution in [3.05, 3.63) is 41.7 Å². The molecule has 4 heterocycles. The van der Waals surface area contributed by atoms with E-state index < -0.39 is 12.1 Å². The Hall–Kier alpha value is -3.81. The van der Waals surface area contributed by atoms with Gasteiger partial charge in [0.2, 0.25) is 0 Å². The van der Waals surface area contributed by atoms with E-state index in [9.17, 15) is 18.0 Å². The standard InChI is InChI=1S/C21H25N7O2.C2HF3O2/c1-15-5-4-6-16(11-15)21(29)27-9-10-30-17(12-27)13-28-20-18(24-25-28)19(22-14-23-20)26-7-2-3-8-26;3-2(4,5)1(6)7/h4-6,11,14,17H,2-3,7-10,12-13H2,1H3;(H,6,7). The Morgan fingerprint density at radius 1 is 1.16 bits per heavy atom. The maximum absolute atomic E-state index is 12.9. The van der Waals surface area contributed by atoms with Gasteiger partial charge in [0.1, 0.15) is 6.33 Å². The Bertz CT molecular complexity index is 1260. The second kappa shape index (κ2) is 11.1. The number of hydrogen-bond acceptors (Lipinski definition) is 8. The van der Waals surface area contributed by atoms with Crippen molar-refractivity contribution in [1.82, 2.24) is 29.9 Å². The molecule has 2 saturated heterocycles. The number of fused-ring (bicyclic) bond motifs is 1. The van der Waals surface area contributed by atoms with Gasteiger partial charge in [-0.2, -0.15) is 13.2 Å². The summed E-state index contributed by atoms with van der Waals surface area (Å²) in [5.41, 5.74) is 3.22. The number of carbonyl (C=O) groups is 2. The zero-order chi connectivity index (χ0) is 26.6. The first kappa shape index (κ1) is 26.3. The maximum Gasteiger partial charge on any atom is 0.490 e. The molecule has 1 aromatic carbocycles. The van der Waals surface area contributed by atoms with Crippen LogP contribution in [0.2, 0.25) is 0 Å². The van der Waals surface area contributed by atoms with Gasteiger partial charge in [0, 0.05) is 31.7 Å². The van der Waals surface area contributed by atoms with Crippen molar-refractivity contribution in [2.45, 2.75) is 38.6 Å². The Morgan fingerprint density at radius 2 is 1.89 bits per heavy atom. The average Bonchev–Trinajstić information content (AvgIpc) is 3.54. The van der Waals surface area contributed by atoms with E-state index in [2.05, 4.69) is 25.2 Å². The molecule has 2 aliphatic heterocycles. The summed E-state index contributed by atoms with van der Waals surface area (Å²) in [5.74, 6) is -1.87. The number of amides is 1. The van der Waals surface area contributed by atoms with Gasteiger partial charge in [-0.25, -0.2) is 19.4 Å². The van der Waals surface area contributed by atoms with E-state index in [1.54, 1.807) is 11.0 Å². The molecular weight excluding hydrogens is 495 g/mol. The number of carboxylic acids is 1. The topological polar surface area (TPSA) is 127 Å². The molecular formula is C23H26F3N7O4. The SMILES string of the molecule is Cc1cccc(C(=O)N2CCOC(Cn3nnc4c(N5CCCC5)ncnc43)C2)c1.O=C(O)C(F)(F)F. The Morgan fingerprint density at radius 3 is 2.57 bits per heavy atom. The van der Waals surface area contributed by atoms with Crippen LogP contribution in [0.1, 0.15) is 28.8 Å². The predicted molar refractivity (Wildman–Crippen MR) is 125 cm³/mol. The highest BCUT2D eigenvalue weighted by molar-refractivity contribution is 5.94. The summed E-state index contributed by atoms with van der Waals surface area (Å²) in [6.45, 7) is 6.06. The third-order valence-electron chi connectivity index (χ3n) is 6.00. The molecule has 37 heavy (non-hydrogen) atoms. The number of benzene rings is 1. The average molecular weight is 522 g/mol. The minimum Gasteiger partial charge on any atom is -0.475 e. The fraction of sp³-hybridized carbons (Fsp3) is 0.478. The molecule has 14 heteroatoms. The van der Waals surface area contributed by atoms with Crippen molar-refractivity contribution >= 4 is 28.9 Å². The van der Waals surface area contributed by atoms with Crippen LogP contribution in [-0.4, -0.2) is 91.9 Å². The van der Waals surface area contributed by atoms with Crippen LogP contribution < -0.4 is 4.90 Å². The maximum atomic E-state index is 12.9. The number of aryl methyl sites for hydroxylation is 1. The summed E-state index contributed by atoms with van der Waals surface area (Å²) in [7, 11) is 0. The number of alkyl halides is 3. The van der Waals surface area contributed by atoms with Crippen LogP contribution in [0.5, 0.6) is 0 Å². The molecule has 1 amide bonds. The normalized spacial score (nSPS) is 18.0. The molecule has 0 aliphatic carbocycles. The number of morpholine rings is 1. The number of aliphatic carboxylic acids is 1. The molecule has 0 saturated carbocycles. The smallest absolute Gasteiger partial charge is 0.475 e. The van der Waals surface area contributed by atoms with E-state index >= 15 is 0 Å².